The van der Waals surface area contributed by atoms with Crippen LogP contribution in [0.15, 0.2) is 0 Å². The minimum atomic E-state index is -1.08. The molecule has 1 aliphatic heterocycles. The van der Waals surface area contributed by atoms with Gasteiger partial charge in [-0.15, -0.1) is 0 Å². The summed E-state index contributed by atoms with van der Waals surface area (Å²) in [7, 11) is 0. The first kappa shape index (κ1) is 7.50. The number of cyclic esters (lactones) is 1. The molecule has 0 aromatic carbocycles. The number of ether oxygens (including phenoxy) is 2. The lowest BCUT2D eigenvalue weighted by Gasteiger charge is -2.08. The van der Waals surface area contributed by atoms with Gasteiger partial charge in [-0.2, -0.15) is 0 Å². The second-order valence-corrected chi connectivity index (χ2v) is 2.07. The predicted octanol–water partition coefficient (Wildman–Crippen LogP) is -0.691. The van der Waals surface area contributed by atoms with Crippen molar-refractivity contribution >= 4 is 5.97 Å². The van der Waals surface area contributed by atoms with Gasteiger partial charge in [0.1, 0.15) is 12.7 Å². The topological polar surface area (TPSA) is 55.8 Å². The maximum Gasteiger partial charge on any atom is 0.337 e. The van der Waals surface area contributed by atoms with Crippen molar-refractivity contribution in [2.75, 3.05) is 13.2 Å². The lowest BCUT2D eigenvalue weighted by Crippen LogP contribution is -2.29. The van der Waals surface area contributed by atoms with Crippen LogP contribution in [0.25, 0.3) is 0 Å². The molecule has 0 spiro atoms. The van der Waals surface area contributed by atoms with Gasteiger partial charge in [-0.1, -0.05) is 0 Å². The van der Waals surface area contributed by atoms with Crippen molar-refractivity contribution in [3.8, 4) is 0 Å². The van der Waals surface area contributed by atoms with E-state index in [1.165, 1.54) is 0 Å². The summed E-state index contributed by atoms with van der Waals surface area (Å²) in [5.74, 6) is -0.585. The predicted molar refractivity (Wildman–Crippen MR) is 32.4 cm³/mol. The molecule has 2 atom stereocenters. The minimum Gasteiger partial charge on any atom is -0.461 e. The highest BCUT2D eigenvalue weighted by Crippen LogP contribution is 2.10. The fourth-order valence-electron chi connectivity index (χ4n) is 0.846. The quantitative estimate of drug-likeness (QED) is 0.524. The Bertz CT molecular complexity index is 134. The van der Waals surface area contributed by atoms with E-state index in [0.717, 1.165) is 0 Å². The fraction of sp³-hybridized carbons (Fsp3) is 0.833. The third-order valence-corrected chi connectivity index (χ3v) is 1.36. The van der Waals surface area contributed by atoms with Crippen LogP contribution in [-0.4, -0.2) is 36.5 Å². The molecule has 0 saturated carbocycles. The fourth-order valence-corrected chi connectivity index (χ4v) is 0.846. The highest BCUT2D eigenvalue weighted by molar-refractivity contribution is 5.77. The molecule has 1 saturated heterocycles. The van der Waals surface area contributed by atoms with Crippen molar-refractivity contribution in [1.82, 2.24) is 0 Å². The molecule has 0 aromatic heterocycles. The maximum absolute atomic E-state index is 10.5. The summed E-state index contributed by atoms with van der Waals surface area (Å²) in [4.78, 5) is 10.5. The second-order valence-electron chi connectivity index (χ2n) is 2.07. The third-order valence-electron chi connectivity index (χ3n) is 1.36. The Morgan fingerprint density at radius 2 is 2.60 bits per heavy atom. The molecule has 10 heavy (non-hydrogen) atoms. The summed E-state index contributed by atoms with van der Waals surface area (Å²) in [6.07, 6.45) is -1.54. The van der Waals surface area contributed by atoms with Crippen LogP contribution >= 0.6 is 0 Å². The van der Waals surface area contributed by atoms with E-state index in [1.807, 2.05) is 0 Å². The van der Waals surface area contributed by atoms with Crippen LogP contribution in [0, 0.1) is 0 Å². The molecular weight excluding hydrogens is 136 g/mol. The Morgan fingerprint density at radius 1 is 1.90 bits per heavy atom. The molecular formula is C6H10O4. The number of hydrogen-bond acceptors (Lipinski definition) is 4. The van der Waals surface area contributed by atoms with Gasteiger partial charge in [-0.05, 0) is 6.92 Å². The van der Waals surface area contributed by atoms with Gasteiger partial charge in [0, 0.05) is 6.61 Å². The summed E-state index contributed by atoms with van der Waals surface area (Å²) in [5, 5.41) is 8.99. The van der Waals surface area contributed by atoms with E-state index in [1.54, 1.807) is 6.92 Å². The van der Waals surface area contributed by atoms with Crippen LogP contribution in [0.1, 0.15) is 6.92 Å². The van der Waals surface area contributed by atoms with Gasteiger partial charge in [0.15, 0.2) is 6.10 Å². The van der Waals surface area contributed by atoms with E-state index >= 15 is 0 Å². The first-order valence-corrected chi connectivity index (χ1v) is 3.22. The zero-order valence-corrected chi connectivity index (χ0v) is 5.74. The Labute approximate surface area is 58.7 Å². The average Bonchev–Trinajstić information content (AvgIpc) is 2.20. The van der Waals surface area contributed by atoms with Gasteiger partial charge in [0.2, 0.25) is 0 Å². The van der Waals surface area contributed by atoms with Crippen LogP contribution in [0.4, 0.5) is 0 Å². The van der Waals surface area contributed by atoms with E-state index in [9.17, 15) is 4.79 Å². The van der Waals surface area contributed by atoms with Crippen molar-refractivity contribution in [3.05, 3.63) is 0 Å². The first-order chi connectivity index (χ1) is 4.75. The van der Waals surface area contributed by atoms with Gasteiger partial charge in [0.05, 0.1) is 0 Å². The summed E-state index contributed by atoms with van der Waals surface area (Å²) < 4.78 is 9.51. The molecule has 0 unspecified atom stereocenters. The molecule has 1 rings (SSSR count). The number of aliphatic hydroxyl groups is 1. The standard InChI is InChI=1S/C6H10O4/c1-2-9-4-3-10-6(8)5(4)7/h4-5,7H,2-3H2,1H3/t4-,5-/m0/s1. The summed E-state index contributed by atoms with van der Waals surface area (Å²) in [6.45, 7) is 2.46. The van der Waals surface area contributed by atoms with Crippen molar-refractivity contribution in [2.45, 2.75) is 19.1 Å². The Hall–Kier alpha value is -0.610. The highest BCUT2D eigenvalue weighted by Gasteiger charge is 2.35. The Balaban J connectivity index is 2.41. The van der Waals surface area contributed by atoms with Crippen LogP contribution in [-0.2, 0) is 14.3 Å². The van der Waals surface area contributed by atoms with Gasteiger partial charge < -0.3 is 14.6 Å². The lowest BCUT2D eigenvalue weighted by molar-refractivity contribution is -0.145. The Kier molecular flexibility index (Phi) is 2.24. The molecule has 0 amide bonds. The van der Waals surface area contributed by atoms with E-state index in [0.29, 0.717) is 6.61 Å². The molecule has 0 bridgehead atoms. The molecule has 4 nitrogen and oxygen atoms in total. The summed E-state index contributed by atoms with van der Waals surface area (Å²) in [5.41, 5.74) is 0. The maximum atomic E-state index is 10.5. The van der Waals surface area contributed by atoms with Gasteiger partial charge in [0.25, 0.3) is 0 Å². The molecule has 0 radical (unpaired) electrons. The van der Waals surface area contributed by atoms with Crippen molar-refractivity contribution in [2.24, 2.45) is 0 Å². The zero-order chi connectivity index (χ0) is 7.56. The third kappa shape index (κ3) is 1.27. The molecule has 58 valence electrons. The van der Waals surface area contributed by atoms with E-state index in [2.05, 4.69) is 4.74 Å². The minimum absolute atomic E-state index is 0.174. The number of carbonyl (C=O) groups is 1. The molecule has 4 heteroatoms. The molecule has 1 fully saturated rings. The summed E-state index contributed by atoms with van der Waals surface area (Å²) in [6, 6.07) is 0. The smallest absolute Gasteiger partial charge is 0.337 e. The van der Waals surface area contributed by atoms with Crippen LogP contribution < -0.4 is 0 Å². The highest BCUT2D eigenvalue weighted by atomic mass is 16.6. The number of aliphatic hydroxyl groups excluding tert-OH is 1. The molecule has 0 aromatic rings. The van der Waals surface area contributed by atoms with Crippen LogP contribution in [0.5, 0.6) is 0 Å². The summed E-state index contributed by atoms with van der Waals surface area (Å²) >= 11 is 0. The number of hydrogen-bond donors (Lipinski definition) is 1. The largest absolute Gasteiger partial charge is 0.461 e. The van der Waals surface area contributed by atoms with Crippen LogP contribution in [0.3, 0.4) is 0 Å². The van der Waals surface area contributed by atoms with Crippen molar-refractivity contribution < 1.29 is 19.4 Å². The molecule has 1 heterocycles. The number of rotatable bonds is 2. The monoisotopic (exact) mass is 146 g/mol. The van der Waals surface area contributed by atoms with E-state index in [4.69, 9.17) is 9.84 Å². The molecule has 1 aliphatic rings. The SMILES string of the molecule is CCO[C@H]1COC(=O)[C@H]1O. The average molecular weight is 146 g/mol. The van der Waals surface area contributed by atoms with Gasteiger partial charge in [-0.3, -0.25) is 0 Å². The molecule has 1 N–H and O–H groups in total. The van der Waals surface area contributed by atoms with Crippen molar-refractivity contribution in [3.63, 3.8) is 0 Å². The number of esters is 1. The first-order valence-electron chi connectivity index (χ1n) is 3.22. The van der Waals surface area contributed by atoms with E-state index < -0.39 is 18.2 Å². The lowest BCUT2D eigenvalue weighted by atomic mass is 10.2. The van der Waals surface area contributed by atoms with E-state index in [-0.39, 0.29) is 6.61 Å². The number of carbonyl (C=O) groups excluding carboxylic acids is 1. The van der Waals surface area contributed by atoms with Gasteiger partial charge >= 0.3 is 5.97 Å². The molecule has 0 aliphatic carbocycles. The Morgan fingerprint density at radius 3 is 3.00 bits per heavy atom. The van der Waals surface area contributed by atoms with Gasteiger partial charge in [-0.25, -0.2) is 4.79 Å². The second kappa shape index (κ2) is 2.98. The van der Waals surface area contributed by atoms with Crippen molar-refractivity contribution in [1.29, 1.82) is 0 Å². The zero-order valence-electron chi connectivity index (χ0n) is 5.74. The normalized spacial score (nSPS) is 32.4. The van der Waals surface area contributed by atoms with Crippen LogP contribution in [0.2, 0.25) is 0 Å².